The van der Waals surface area contributed by atoms with Gasteiger partial charge in [0.1, 0.15) is 16.7 Å². The quantitative estimate of drug-likeness (QED) is 0.737. The van der Waals surface area contributed by atoms with Gasteiger partial charge in [-0.1, -0.05) is 11.6 Å². The van der Waals surface area contributed by atoms with E-state index in [0.717, 1.165) is 0 Å². The van der Waals surface area contributed by atoms with Gasteiger partial charge < -0.3 is 14.6 Å². The number of benzene rings is 1. The number of aliphatic carboxylic acids is 1. The molecule has 1 aromatic rings. The van der Waals surface area contributed by atoms with Crippen LogP contribution in [0.1, 0.15) is 6.42 Å². The van der Waals surface area contributed by atoms with Gasteiger partial charge in [0.2, 0.25) is 10.0 Å². The van der Waals surface area contributed by atoms with E-state index in [9.17, 15) is 13.2 Å². The number of carbonyl (C=O) groups is 1. The van der Waals surface area contributed by atoms with Crippen LogP contribution in [0.5, 0.6) is 5.75 Å². The standard InChI is InChI=1S/C12H16ClNO6S/c1-19-6-5-9(12(15)16)14-21(17,18)11-4-3-8(13)7-10(11)20-2/h3-4,7,9,14H,5-6H2,1-2H3,(H,15,16). The van der Waals surface area contributed by atoms with Crippen molar-refractivity contribution in [1.29, 1.82) is 0 Å². The normalized spacial score (nSPS) is 12.9. The molecule has 0 aliphatic carbocycles. The minimum atomic E-state index is -4.06. The molecule has 0 heterocycles. The van der Waals surface area contributed by atoms with E-state index < -0.39 is 22.0 Å². The third kappa shape index (κ3) is 4.85. The molecule has 0 amide bonds. The van der Waals surface area contributed by atoms with Crippen LogP contribution in [0.4, 0.5) is 0 Å². The van der Waals surface area contributed by atoms with Gasteiger partial charge in [-0.15, -0.1) is 0 Å². The van der Waals surface area contributed by atoms with Gasteiger partial charge in [-0.05, 0) is 18.6 Å². The molecular formula is C12H16ClNO6S. The van der Waals surface area contributed by atoms with Crippen LogP contribution in [0.15, 0.2) is 23.1 Å². The number of ether oxygens (including phenoxy) is 2. The summed E-state index contributed by atoms with van der Waals surface area (Å²) in [5, 5.41) is 9.35. The first-order chi connectivity index (χ1) is 9.81. The Hall–Kier alpha value is -1.35. The predicted molar refractivity (Wildman–Crippen MR) is 76.2 cm³/mol. The summed E-state index contributed by atoms with van der Waals surface area (Å²) in [5.41, 5.74) is 0. The molecule has 0 aliphatic heterocycles. The fourth-order valence-electron chi connectivity index (χ4n) is 1.58. The summed E-state index contributed by atoms with van der Waals surface area (Å²) in [5.74, 6) is -1.26. The van der Waals surface area contributed by atoms with Crippen LogP contribution in [0.25, 0.3) is 0 Å². The van der Waals surface area contributed by atoms with E-state index in [-0.39, 0.29) is 23.7 Å². The topological polar surface area (TPSA) is 102 Å². The molecule has 0 fully saturated rings. The maximum atomic E-state index is 12.3. The fraction of sp³-hybridized carbons (Fsp3) is 0.417. The average Bonchev–Trinajstić information content (AvgIpc) is 2.42. The van der Waals surface area contributed by atoms with Crippen molar-refractivity contribution in [2.75, 3.05) is 20.8 Å². The zero-order valence-corrected chi connectivity index (χ0v) is 13.1. The molecule has 0 saturated heterocycles. The lowest BCUT2D eigenvalue weighted by atomic mass is 10.2. The molecule has 1 aromatic carbocycles. The largest absolute Gasteiger partial charge is 0.495 e. The molecule has 1 rings (SSSR count). The second-order valence-corrected chi connectivity index (χ2v) is 6.21. The second-order valence-electron chi connectivity index (χ2n) is 4.09. The van der Waals surface area contributed by atoms with E-state index in [0.29, 0.717) is 5.02 Å². The third-order valence-corrected chi connectivity index (χ3v) is 4.37. The number of rotatable bonds is 8. The van der Waals surface area contributed by atoms with Gasteiger partial charge in [-0.2, -0.15) is 4.72 Å². The Labute approximate surface area is 127 Å². The number of carboxylic acid groups (broad SMARTS) is 1. The molecule has 0 aromatic heterocycles. The number of nitrogens with one attached hydrogen (secondary N) is 1. The first kappa shape index (κ1) is 17.7. The zero-order valence-electron chi connectivity index (χ0n) is 11.5. The summed E-state index contributed by atoms with van der Waals surface area (Å²) in [4.78, 5) is 10.9. The van der Waals surface area contributed by atoms with Crippen LogP contribution in [0, 0.1) is 0 Å². The first-order valence-corrected chi connectivity index (χ1v) is 7.75. The summed E-state index contributed by atoms with van der Waals surface area (Å²) in [6.07, 6.45) is 0.000961. The van der Waals surface area contributed by atoms with Gasteiger partial charge in [-0.25, -0.2) is 8.42 Å². The molecule has 118 valence electrons. The molecule has 2 N–H and O–H groups in total. The van der Waals surface area contributed by atoms with Crippen molar-refractivity contribution in [2.24, 2.45) is 0 Å². The third-order valence-electron chi connectivity index (χ3n) is 2.62. The minimum Gasteiger partial charge on any atom is -0.495 e. The van der Waals surface area contributed by atoms with Crippen molar-refractivity contribution in [3.05, 3.63) is 23.2 Å². The molecule has 0 aliphatic rings. The zero-order chi connectivity index (χ0) is 16.0. The average molecular weight is 338 g/mol. The van der Waals surface area contributed by atoms with Crippen LogP contribution < -0.4 is 9.46 Å². The minimum absolute atomic E-state index is 0.000961. The van der Waals surface area contributed by atoms with Crippen LogP contribution in [-0.4, -0.2) is 46.4 Å². The number of sulfonamides is 1. The van der Waals surface area contributed by atoms with E-state index in [1.165, 1.54) is 32.4 Å². The van der Waals surface area contributed by atoms with Gasteiger partial charge >= 0.3 is 5.97 Å². The highest BCUT2D eigenvalue weighted by molar-refractivity contribution is 7.89. The Kier molecular flexibility index (Phi) is 6.41. The molecule has 0 saturated carbocycles. The molecule has 0 spiro atoms. The van der Waals surface area contributed by atoms with E-state index in [4.69, 9.17) is 26.2 Å². The van der Waals surface area contributed by atoms with Gasteiger partial charge in [0, 0.05) is 24.8 Å². The fourth-order valence-corrected chi connectivity index (χ4v) is 3.12. The van der Waals surface area contributed by atoms with Crippen LogP contribution in [-0.2, 0) is 19.6 Å². The van der Waals surface area contributed by atoms with Crippen molar-refractivity contribution in [2.45, 2.75) is 17.4 Å². The monoisotopic (exact) mass is 337 g/mol. The molecule has 1 unspecified atom stereocenters. The lowest BCUT2D eigenvalue weighted by Gasteiger charge is -2.16. The van der Waals surface area contributed by atoms with Crippen molar-refractivity contribution in [3.8, 4) is 5.75 Å². The highest BCUT2D eigenvalue weighted by atomic mass is 35.5. The summed E-state index contributed by atoms with van der Waals surface area (Å²) in [6.45, 7) is 0.108. The SMILES string of the molecule is COCCC(NS(=O)(=O)c1ccc(Cl)cc1OC)C(=O)O. The number of hydrogen-bond acceptors (Lipinski definition) is 5. The molecule has 7 nitrogen and oxygen atoms in total. The maximum absolute atomic E-state index is 12.3. The predicted octanol–water partition coefficient (Wildman–Crippen LogP) is 1.12. The van der Waals surface area contributed by atoms with Crippen LogP contribution in [0.3, 0.4) is 0 Å². The van der Waals surface area contributed by atoms with Gasteiger partial charge in [0.15, 0.2) is 0 Å². The summed E-state index contributed by atoms with van der Waals surface area (Å²) < 4.78 is 36.4. The van der Waals surface area contributed by atoms with Gasteiger partial charge in [-0.3, -0.25) is 4.79 Å². The van der Waals surface area contributed by atoms with Crippen molar-refractivity contribution in [3.63, 3.8) is 0 Å². The first-order valence-electron chi connectivity index (χ1n) is 5.89. The molecule has 0 radical (unpaired) electrons. The maximum Gasteiger partial charge on any atom is 0.321 e. The van der Waals surface area contributed by atoms with E-state index >= 15 is 0 Å². The van der Waals surface area contributed by atoms with Crippen molar-refractivity contribution >= 4 is 27.6 Å². The molecule has 21 heavy (non-hydrogen) atoms. The van der Waals surface area contributed by atoms with Crippen molar-refractivity contribution in [1.82, 2.24) is 4.72 Å². The van der Waals surface area contributed by atoms with Crippen LogP contribution >= 0.6 is 11.6 Å². The Morgan fingerprint density at radius 1 is 1.43 bits per heavy atom. The molecular weight excluding hydrogens is 322 g/mol. The van der Waals surface area contributed by atoms with E-state index in [1.807, 2.05) is 0 Å². The number of carboxylic acids is 1. The van der Waals surface area contributed by atoms with Crippen LogP contribution in [0.2, 0.25) is 5.02 Å². The Bertz CT molecular complexity index is 604. The van der Waals surface area contributed by atoms with Gasteiger partial charge in [0.25, 0.3) is 0 Å². The Morgan fingerprint density at radius 2 is 2.10 bits per heavy atom. The Morgan fingerprint density at radius 3 is 2.62 bits per heavy atom. The summed E-state index contributed by atoms with van der Waals surface area (Å²) >= 11 is 5.76. The summed E-state index contributed by atoms with van der Waals surface area (Å²) in [6, 6.07) is 2.67. The highest BCUT2D eigenvalue weighted by Crippen LogP contribution is 2.27. The number of methoxy groups -OCH3 is 2. The molecule has 0 bridgehead atoms. The smallest absolute Gasteiger partial charge is 0.321 e. The van der Waals surface area contributed by atoms with Crippen molar-refractivity contribution < 1.29 is 27.8 Å². The highest BCUT2D eigenvalue weighted by Gasteiger charge is 2.27. The number of hydrogen-bond donors (Lipinski definition) is 2. The van der Waals surface area contributed by atoms with E-state index in [2.05, 4.69) is 4.72 Å². The molecule has 9 heteroatoms. The summed E-state index contributed by atoms with van der Waals surface area (Å²) in [7, 11) is -1.37. The second kappa shape index (κ2) is 7.60. The number of halogens is 1. The Balaban J connectivity index is 3.07. The lowest BCUT2D eigenvalue weighted by Crippen LogP contribution is -2.41. The van der Waals surface area contributed by atoms with Gasteiger partial charge in [0.05, 0.1) is 7.11 Å². The lowest BCUT2D eigenvalue weighted by molar-refractivity contribution is -0.139. The van der Waals surface area contributed by atoms with E-state index in [1.54, 1.807) is 0 Å². The molecule has 1 atom stereocenters.